The topological polar surface area (TPSA) is 65.5 Å². The fourth-order valence-electron chi connectivity index (χ4n) is 3.60. The van der Waals surface area contributed by atoms with E-state index in [0.29, 0.717) is 18.0 Å². The van der Waals surface area contributed by atoms with Gasteiger partial charge in [-0.05, 0) is 42.0 Å². The molecule has 3 rings (SSSR count). The summed E-state index contributed by atoms with van der Waals surface area (Å²) in [7, 11) is 0. The number of hydrogen-bond acceptors (Lipinski definition) is 4. The van der Waals surface area contributed by atoms with Crippen LogP contribution in [0.5, 0.6) is 0 Å². The van der Waals surface area contributed by atoms with Crippen LogP contribution in [-0.2, 0) is 0 Å². The van der Waals surface area contributed by atoms with Crippen molar-refractivity contribution in [3.63, 3.8) is 0 Å². The van der Waals surface area contributed by atoms with Gasteiger partial charge in [-0.25, -0.2) is 0 Å². The number of piperidine rings is 1. The number of nitrogens with one attached hydrogen (secondary N) is 1. The number of nitrogens with zero attached hydrogens (tertiary/aromatic N) is 2. The third kappa shape index (κ3) is 6.24. The van der Waals surface area contributed by atoms with E-state index in [1.165, 1.54) is 11.1 Å². The Balaban J connectivity index is 1.60. The molecule has 0 aliphatic carbocycles. The summed E-state index contributed by atoms with van der Waals surface area (Å²) in [6.45, 7) is 6.63. The van der Waals surface area contributed by atoms with Crippen molar-refractivity contribution in [3.8, 4) is 0 Å². The average molecular weight is 394 g/mol. The number of amides is 1. The lowest BCUT2D eigenvalue weighted by molar-refractivity contribution is 0.0429. The zero-order chi connectivity index (χ0) is 20.6. The predicted octanol–water partition coefficient (Wildman–Crippen LogP) is 3.38. The van der Waals surface area contributed by atoms with Crippen molar-refractivity contribution < 1.29 is 9.90 Å². The van der Waals surface area contributed by atoms with Gasteiger partial charge in [0, 0.05) is 32.0 Å². The van der Waals surface area contributed by atoms with E-state index in [9.17, 15) is 9.90 Å². The van der Waals surface area contributed by atoms with E-state index >= 15 is 0 Å². The number of carbonyl (C=O) groups excluding carboxylic acids is 1. The van der Waals surface area contributed by atoms with Crippen molar-refractivity contribution in [2.75, 3.05) is 19.6 Å². The number of rotatable bonds is 7. The number of aliphatic hydroxyl groups is 1. The van der Waals surface area contributed by atoms with Gasteiger partial charge in [0.05, 0.1) is 17.7 Å². The lowest BCUT2D eigenvalue weighted by Gasteiger charge is -2.36. The Morgan fingerprint density at radius 1 is 1.24 bits per heavy atom. The van der Waals surface area contributed by atoms with Crippen molar-refractivity contribution >= 4 is 11.5 Å². The van der Waals surface area contributed by atoms with Crippen molar-refractivity contribution in [2.45, 2.75) is 38.8 Å². The highest BCUT2D eigenvalue weighted by Gasteiger charge is 2.29. The van der Waals surface area contributed by atoms with Crippen LogP contribution in [0.15, 0.2) is 60.9 Å². The van der Waals surface area contributed by atoms with Crippen LogP contribution in [0.2, 0.25) is 0 Å². The summed E-state index contributed by atoms with van der Waals surface area (Å²) in [6, 6.07) is 13.7. The van der Waals surface area contributed by atoms with Gasteiger partial charge in [-0.1, -0.05) is 50.3 Å². The van der Waals surface area contributed by atoms with E-state index in [1.54, 1.807) is 24.5 Å². The summed E-state index contributed by atoms with van der Waals surface area (Å²) in [5, 5.41) is 13.6. The highest BCUT2D eigenvalue weighted by atomic mass is 16.3. The molecule has 1 fully saturated rings. The van der Waals surface area contributed by atoms with E-state index in [1.807, 2.05) is 6.07 Å². The minimum absolute atomic E-state index is 0.183. The first-order valence-corrected chi connectivity index (χ1v) is 10.4. The summed E-state index contributed by atoms with van der Waals surface area (Å²) in [4.78, 5) is 18.6. The van der Waals surface area contributed by atoms with Crippen molar-refractivity contribution in [3.05, 3.63) is 72.1 Å². The molecule has 2 atom stereocenters. The van der Waals surface area contributed by atoms with Crippen LogP contribution in [-0.4, -0.2) is 52.7 Å². The zero-order valence-electron chi connectivity index (χ0n) is 17.3. The number of aromatic nitrogens is 1. The Labute approximate surface area is 173 Å². The van der Waals surface area contributed by atoms with Crippen LogP contribution in [0.3, 0.4) is 0 Å². The second-order valence-corrected chi connectivity index (χ2v) is 8.14. The Hall–Kier alpha value is -2.50. The Morgan fingerprint density at radius 2 is 2.00 bits per heavy atom. The van der Waals surface area contributed by atoms with Crippen molar-refractivity contribution in [1.29, 1.82) is 0 Å². The molecule has 154 valence electrons. The number of aliphatic hydroxyl groups excluding tert-OH is 1. The molecule has 1 aliphatic heterocycles. The van der Waals surface area contributed by atoms with Crippen molar-refractivity contribution in [2.24, 2.45) is 5.92 Å². The van der Waals surface area contributed by atoms with Gasteiger partial charge in [0.2, 0.25) is 0 Å². The quantitative estimate of drug-likeness (QED) is 0.757. The SMILES string of the molecule is CC(C)C/C=C(\CN1CC[C@@H](NC(=O)c2cccnc2)[C@H](O)C1)c1ccccc1. The molecule has 2 heterocycles. The number of pyridine rings is 1. The molecule has 1 saturated heterocycles. The van der Waals surface area contributed by atoms with E-state index in [-0.39, 0.29) is 11.9 Å². The average Bonchev–Trinajstić information content (AvgIpc) is 2.74. The molecule has 1 aliphatic rings. The third-order valence-corrected chi connectivity index (χ3v) is 5.28. The van der Waals surface area contributed by atoms with Gasteiger partial charge in [-0.3, -0.25) is 14.7 Å². The molecule has 0 radical (unpaired) electrons. The molecule has 5 heteroatoms. The van der Waals surface area contributed by atoms with Gasteiger partial charge < -0.3 is 10.4 Å². The van der Waals surface area contributed by atoms with E-state index in [2.05, 4.69) is 59.4 Å². The van der Waals surface area contributed by atoms with E-state index in [4.69, 9.17) is 0 Å². The molecule has 29 heavy (non-hydrogen) atoms. The maximum absolute atomic E-state index is 12.4. The first-order valence-electron chi connectivity index (χ1n) is 10.4. The van der Waals surface area contributed by atoms with Gasteiger partial charge >= 0.3 is 0 Å². The van der Waals surface area contributed by atoms with E-state index < -0.39 is 6.10 Å². The minimum atomic E-state index is -0.591. The standard InChI is InChI=1S/C24H31N3O2/c1-18(2)10-11-21(19-7-4-3-5-8-19)16-27-14-12-22(23(28)17-27)26-24(29)20-9-6-13-25-15-20/h3-9,11,13,15,18,22-23,28H,10,12,14,16-17H2,1-2H3,(H,26,29)/b21-11+/t22-,23-/m1/s1. The summed E-state index contributed by atoms with van der Waals surface area (Å²) >= 11 is 0. The molecule has 2 N–H and O–H groups in total. The lowest BCUT2D eigenvalue weighted by Crippen LogP contribution is -2.54. The number of carbonyl (C=O) groups is 1. The summed E-state index contributed by atoms with van der Waals surface area (Å²) < 4.78 is 0. The molecule has 5 nitrogen and oxygen atoms in total. The van der Waals surface area contributed by atoms with Crippen LogP contribution in [0.1, 0.15) is 42.6 Å². The first-order chi connectivity index (χ1) is 14.0. The molecular weight excluding hydrogens is 362 g/mol. The van der Waals surface area contributed by atoms with Crippen LogP contribution in [0.4, 0.5) is 0 Å². The molecular formula is C24H31N3O2. The highest BCUT2D eigenvalue weighted by molar-refractivity contribution is 5.94. The third-order valence-electron chi connectivity index (χ3n) is 5.28. The Bertz CT molecular complexity index is 805. The molecule has 0 unspecified atom stereocenters. The maximum atomic E-state index is 12.4. The van der Waals surface area contributed by atoms with Gasteiger partial charge in [-0.15, -0.1) is 0 Å². The van der Waals surface area contributed by atoms with Crippen LogP contribution >= 0.6 is 0 Å². The molecule has 1 amide bonds. The Morgan fingerprint density at radius 3 is 2.66 bits per heavy atom. The molecule has 0 bridgehead atoms. The number of hydrogen-bond donors (Lipinski definition) is 2. The number of β-amino-alcohol motifs (C(OH)–C–C–N with tert-alkyl or cyclic N) is 1. The molecule has 1 aromatic heterocycles. The molecule has 0 saturated carbocycles. The van der Waals surface area contributed by atoms with E-state index in [0.717, 1.165) is 25.9 Å². The fraction of sp³-hybridized carbons (Fsp3) is 0.417. The molecule has 2 aromatic rings. The predicted molar refractivity (Wildman–Crippen MR) is 116 cm³/mol. The number of benzene rings is 1. The fourth-order valence-corrected chi connectivity index (χ4v) is 3.60. The van der Waals surface area contributed by atoms with Crippen molar-refractivity contribution in [1.82, 2.24) is 15.2 Å². The first kappa shape index (κ1) is 21.2. The van der Waals surface area contributed by atoms with Gasteiger partial charge in [-0.2, -0.15) is 0 Å². The second kappa shape index (κ2) is 10.3. The summed E-state index contributed by atoms with van der Waals surface area (Å²) in [5.41, 5.74) is 3.05. The second-order valence-electron chi connectivity index (χ2n) is 8.14. The van der Waals surface area contributed by atoms with Gasteiger partial charge in [0.1, 0.15) is 0 Å². The monoisotopic (exact) mass is 393 g/mol. The zero-order valence-corrected chi connectivity index (χ0v) is 17.3. The van der Waals surface area contributed by atoms with Crippen LogP contribution in [0.25, 0.3) is 5.57 Å². The largest absolute Gasteiger partial charge is 0.390 e. The normalized spacial score (nSPS) is 20.6. The molecule has 0 spiro atoms. The Kier molecular flexibility index (Phi) is 7.55. The number of allylic oxidation sites excluding steroid dienone is 1. The van der Waals surface area contributed by atoms with Crippen LogP contribution < -0.4 is 5.32 Å². The minimum Gasteiger partial charge on any atom is -0.390 e. The lowest BCUT2D eigenvalue weighted by atomic mass is 9.97. The maximum Gasteiger partial charge on any atom is 0.253 e. The summed E-state index contributed by atoms with van der Waals surface area (Å²) in [6.07, 6.45) is 6.67. The van der Waals surface area contributed by atoms with Crippen LogP contribution in [0, 0.1) is 5.92 Å². The molecule has 1 aromatic carbocycles. The summed E-state index contributed by atoms with van der Waals surface area (Å²) in [5.74, 6) is 0.421. The van der Waals surface area contributed by atoms with Gasteiger partial charge in [0.15, 0.2) is 0 Å². The smallest absolute Gasteiger partial charge is 0.253 e. The number of likely N-dealkylation sites (tertiary alicyclic amines) is 1. The highest BCUT2D eigenvalue weighted by Crippen LogP contribution is 2.21. The van der Waals surface area contributed by atoms with Gasteiger partial charge in [0.25, 0.3) is 5.91 Å².